The molecule has 1 aromatic heterocycles. The van der Waals surface area contributed by atoms with E-state index in [0.29, 0.717) is 6.54 Å². The topological polar surface area (TPSA) is 30.1 Å². The van der Waals surface area contributed by atoms with Gasteiger partial charge >= 0.3 is 0 Å². The molecule has 1 heterocycles. The number of fused-ring (bicyclic) bond motifs is 1. The number of benzene rings is 1. The molecule has 0 saturated carbocycles. The smallest absolute Gasteiger partial charge is 0.180 e. The average molecular weight is 208 g/mol. The van der Waals surface area contributed by atoms with Crippen molar-refractivity contribution in [3.63, 3.8) is 0 Å². The Balaban J connectivity index is 2.81. The lowest BCUT2D eigenvalue weighted by Gasteiger charge is -1.99. The van der Waals surface area contributed by atoms with Crippen molar-refractivity contribution in [3.05, 3.63) is 29.0 Å². The van der Waals surface area contributed by atoms with Crippen LogP contribution in [0.1, 0.15) is 0 Å². The summed E-state index contributed by atoms with van der Waals surface area (Å²) < 4.78 is 4.66. The Kier molecular flexibility index (Phi) is 2.39. The van der Waals surface area contributed by atoms with Crippen LogP contribution in [-0.4, -0.2) is 20.8 Å². The first-order valence-electron chi connectivity index (χ1n) is 4.51. The standard InChI is InChI=1S/C10H12N2OS/c1-11-8-4-2-3-5-9(8)12(6-7-13)10(11)14/h2-5,13H,6-7H2,1H3. The Hall–Kier alpha value is -1.13. The highest BCUT2D eigenvalue weighted by Crippen LogP contribution is 2.15. The highest BCUT2D eigenvalue weighted by Gasteiger charge is 2.05. The number of hydrogen-bond donors (Lipinski definition) is 1. The normalized spacial score (nSPS) is 11.0. The number of aliphatic hydroxyl groups is 1. The predicted octanol–water partition coefficient (Wildman–Crippen LogP) is 1.70. The molecule has 4 heteroatoms. The van der Waals surface area contributed by atoms with Gasteiger partial charge in [-0.2, -0.15) is 0 Å². The van der Waals surface area contributed by atoms with Gasteiger partial charge in [0, 0.05) is 13.6 Å². The molecule has 0 unspecified atom stereocenters. The summed E-state index contributed by atoms with van der Waals surface area (Å²) in [5.41, 5.74) is 2.18. The van der Waals surface area contributed by atoms with E-state index in [1.807, 2.05) is 40.4 Å². The predicted molar refractivity (Wildman–Crippen MR) is 58.8 cm³/mol. The van der Waals surface area contributed by atoms with Crippen LogP contribution in [0.15, 0.2) is 24.3 Å². The van der Waals surface area contributed by atoms with Gasteiger partial charge in [-0.3, -0.25) is 0 Å². The van der Waals surface area contributed by atoms with Gasteiger partial charge in [0.05, 0.1) is 17.6 Å². The lowest BCUT2D eigenvalue weighted by atomic mass is 10.3. The van der Waals surface area contributed by atoms with Gasteiger partial charge < -0.3 is 14.2 Å². The molecule has 0 amide bonds. The van der Waals surface area contributed by atoms with E-state index in [1.54, 1.807) is 0 Å². The summed E-state index contributed by atoms with van der Waals surface area (Å²) in [5.74, 6) is 0. The molecule has 0 aliphatic rings. The molecule has 14 heavy (non-hydrogen) atoms. The van der Waals surface area contributed by atoms with Crippen molar-refractivity contribution >= 4 is 23.3 Å². The Morgan fingerprint density at radius 3 is 2.57 bits per heavy atom. The van der Waals surface area contributed by atoms with Crippen LogP contribution < -0.4 is 0 Å². The molecule has 2 rings (SSSR count). The van der Waals surface area contributed by atoms with E-state index in [-0.39, 0.29) is 6.61 Å². The van der Waals surface area contributed by atoms with Crippen LogP contribution in [0.5, 0.6) is 0 Å². The first kappa shape index (κ1) is 9.43. The molecule has 0 aliphatic carbocycles. The van der Waals surface area contributed by atoms with E-state index >= 15 is 0 Å². The second kappa shape index (κ2) is 3.55. The van der Waals surface area contributed by atoms with E-state index in [9.17, 15) is 0 Å². The fourth-order valence-electron chi connectivity index (χ4n) is 1.68. The zero-order valence-corrected chi connectivity index (χ0v) is 8.79. The molecule has 0 atom stereocenters. The maximum Gasteiger partial charge on any atom is 0.180 e. The number of aryl methyl sites for hydroxylation is 1. The van der Waals surface area contributed by atoms with Gasteiger partial charge in [0.1, 0.15) is 0 Å². The second-order valence-corrected chi connectivity index (χ2v) is 3.57. The summed E-state index contributed by atoms with van der Waals surface area (Å²) in [5, 5.41) is 8.94. The maximum absolute atomic E-state index is 8.94. The van der Waals surface area contributed by atoms with E-state index in [4.69, 9.17) is 17.3 Å². The van der Waals surface area contributed by atoms with Crippen molar-refractivity contribution in [3.8, 4) is 0 Å². The summed E-state index contributed by atoms with van der Waals surface area (Å²) in [6, 6.07) is 8.01. The lowest BCUT2D eigenvalue weighted by molar-refractivity contribution is 0.277. The van der Waals surface area contributed by atoms with Crippen LogP contribution in [0.4, 0.5) is 0 Å². The van der Waals surface area contributed by atoms with Gasteiger partial charge in [0.25, 0.3) is 0 Å². The van der Waals surface area contributed by atoms with Crippen LogP contribution in [0.3, 0.4) is 0 Å². The summed E-state index contributed by atoms with van der Waals surface area (Å²) >= 11 is 5.27. The molecule has 0 bridgehead atoms. The van der Waals surface area contributed by atoms with Crippen LogP contribution in [-0.2, 0) is 13.6 Å². The largest absolute Gasteiger partial charge is 0.395 e. The molecule has 0 saturated heterocycles. The molecule has 0 aliphatic heterocycles. The number of nitrogens with zero attached hydrogens (tertiary/aromatic N) is 2. The average Bonchev–Trinajstić information content (AvgIpc) is 2.45. The van der Waals surface area contributed by atoms with Crippen molar-refractivity contribution in [1.82, 2.24) is 9.13 Å². The van der Waals surface area contributed by atoms with E-state index in [1.165, 1.54) is 0 Å². The van der Waals surface area contributed by atoms with Crippen molar-refractivity contribution in [1.29, 1.82) is 0 Å². The third-order valence-corrected chi connectivity index (χ3v) is 2.87. The summed E-state index contributed by atoms with van der Waals surface area (Å²) in [4.78, 5) is 0. The van der Waals surface area contributed by atoms with Gasteiger partial charge in [-0.1, -0.05) is 12.1 Å². The zero-order valence-electron chi connectivity index (χ0n) is 7.97. The Morgan fingerprint density at radius 2 is 1.93 bits per heavy atom. The minimum Gasteiger partial charge on any atom is -0.395 e. The van der Waals surface area contributed by atoms with Crippen LogP contribution in [0, 0.1) is 4.77 Å². The second-order valence-electron chi connectivity index (χ2n) is 3.21. The summed E-state index contributed by atoms with van der Waals surface area (Å²) in [6.45, 7) is 0.669. The lowest BCUT2D eigenvalue weighted by Crippen LogP contribution is -2.02. The molecular formula is C10H12N2OS. The third-order valence-electron chi connectivity index (χ3n) is 2.38. The minimum absolute atomic E-state index is 0.113. The molecule has 1 aromatic carbocycles. The van der Waals surface area contributed by atoms with Crippen molar-refractivity contribution < 1.29 is 5.11 Å². The number of aromatic nitrogens is 2. The van der Waals surface area contributed by atoms with Crippen LogP contribution >= 0.6 is 12.2 Å². The first-order valence-corrected chi connectivity index (χ1v) is 4.91. The number of imidazole rings is 1. The molecule has 74 valence electrons. The van der Waals surface area contributed by atoms with E-state index in [0.717, 1.165) is 15.8 Å². The Labute approximate surface area is 87.2 Å². The molecule has 0 radical (unpaired) electrons. The van der Waals surface area contributed by atoms with Gasteiger partial charge in [-0.25, -0.2) is 0 Å². The summed E-state index contributed by atoms with van der Waals surface area (Å²) in [6.07, 6.45) is 0. The molecule has 0 fully saturated rings. The number of hydrogen-bond acceptors (Lipinski definition) is 2. The maximum atomic E-state index is 8.94. The molecule has 2 aromatic rings. The van der Waals surface area contributed by atoms with Crippen LogP contribution in [0.25, 0.3) is 11.0 Å². The SMILES string of the molecule is Cn1c(=S)n(CCO)c2ccccc21. The van der Waals surface area contributed by atoms with Crippen molar-refractivity contribution in [2.75, 3.05) is 6.61 Å². The highest BCUT2D eigenvalue weighted by molar-refractivity contribution is 7.71. The molecule has 0 spiro atoms. The fraction of sp³-hybridized carbons (Fsp3) is 0.300. The minimum atomic E-state index is 0.113. The van der Waals surface area contributed by atoms with Gasteiger partial charge in [0.15, 0.2) is 4.77 Å². The number of aliphatic hydroxyl groups excluding tert-OH is 1. The molecule has 1 N–H and O–H groups in total. The summed E-state index contributed by atoms with van der Waals surface area (Å²) in [7, 11) is 1.94. The monoisotopic (exact) mass is 208 g/mol. The van der Waals surface area contributed by atoms with E-state index < -0.39 is 0 Å². The third kappa shape index (κ3) is 1.27. The molecule has 3 nitrogen and oxygen atoms in total. The fourth-order valence-corrected chi connectivity index (χ4v) is 1.97. The highest BCUT2D eigenvalue weighted by atomic mass is 32.1. The Morgan fingerprint density at radius 1 is 1.29 bits per heavy atom. The van der Waals surface area contributed by atoms with Gasteiger partial charge in [0.2, 0.25) is 0 Å². The first-order chi connectivity index (χ1) is 6.75. The van der Waals surface area contributed by atoms with E-state index in [2.05, 4.69) is 0 Å². The number of para-hydroxylation sites is 2. The van der Waals surface area contributed by atoms with Crippen molar-refractivity contribution in [2.24, 2.45) is 7.05 Å². The van der Waals surface area contributed by atoms with Gasteiger partial charge in [-0.05, 0) is 24.4 Å². The van der Waals surface area contributed by atoms with Gasteiger partial charge in [-0.15, -0.1) is 0 Å². The van der Waals surface area contributed by atoms with Crippen molar-refractivity contribution in [2.45, 2.75) is 6.54 Å². The Bertz CT molecular complexity index is 512. The zero-order chi connectivity index (χ0) is 10.1. The van der Waals surface area contributed by atoms with Crippen LogP contribution in [0.2, 0.25) is 0 Å². The number of rotatable bonds is 2. The quantitative estimate of drug-likeness (QED) is 0.761. The molecular weight excluding hydrogens is 196 g/mol.